The van der Waals surface area contributed by atoms with Crippen LogP contribution in [-0.4, -0.2) is 39.5 Å². The van der Waals surface area contributed by atoms with Crippen LogP contribution >= 0.6 is 0 Å². The number of rotatable bonds is 8. The first kappa shape index (κ1) is 13.4. The van der Waals surface area contributed by atoms with Crippen LogP contribution in [0.1, 0.15) is 20.3 Å². The highest BCUT2D eigenvalue weighted by molar-refractivity contribution is 5.70. The average molecular weight is 204 g/mol. The van der Waals surface area contributed by atoms with E-state index in [0.29, 0.717) is 19.1 Å². The van der Waals surface area contributed by atoms with Gasteiger partial charge in [-0.2, -0.15) is 0 Å². The first-order valence-electron chi connectivity index (χ1n) is 4.93. The summed E-state index contributed by atoms with van der Waals surface area (Å²) < 4.78 is 14.7. The molecule has 4 heteroatoms. The Morgan fingerprint density at radius 1 is 1.29 bits per heavy atom. The third-order valence-electron chi connectivity index (χ3n) is 1.92. The molecule has 0 amide bonds. The fourth-order valence-electron chi connectivity index (χ4n) is 0.735. The van der Waals surface area contributed by atoms with Crippen LogP contribution in [0.2, 0.25) is 0 Å². The summed E-state index contributed by atoms with van der Waals surface area (Å²) in [5.74, 6) is 0.225. The highest BCUT2D eigenvalue weighted by Crippen LogP contribution is 1.99. The molecule has 0 bridgehead atoms. The zero-order chi connectivity index (χ0) is 10.8. The van der Waals surface area contributed by atoms with E-state index in [2.05, 4.69) is 18.6 Å². The van der Waals surface area contributed by atoms with Crippen molar-refractivity contribution in [3.63, 3.8) is 0 Å². The van der Waals surface area contributed by atoms with Gasteiger partial charge in [-0.3, -0.25) is 0 Å². The molecule has 0 aliphatic carbocycles. The van der Waals surface area contributed by atoms with Gasteiger partial charge in [0.2, 0.25) is 0 Å². The fourth-order valence-corrected chi connectivity index (χ4v) is 0.735. The highest BCUT2D eigenvalue weighted by atomic mass is 16.6. The molecule has 0 aromatic heterocycles. The van der Waals surface area contributed by atoms with Gasteiger partial charge in [0.25, 0.3) is 0 Å². The van der Waals surface area contributed by atoms with Crippen molar-refractivity contribution in [2.45, 2.75) is 20.3 Å². The Labute approximate surface area is 85.5 Å². The number of ether oxygens (including phenoxy) is 3. The van der Waals surface area contributed by atoms with Crippen LogP contribution in [0.5, 0.6) is 0 Å². The quantitative estimate of drug-likeness (QED) is 0.441. The summed E-state index contributed by atoms with van der Waals surface area (Å²) in [6.07, 6.45) is 1.11. The smallest absolute Gasteiger partial charge is 0.331 e. The van der Waals surface area contributed by atoms with Crippen molar-refractivity contribution < 1.29 is 19.0 Å². The third-order valence-corrected chi connectivity index (χ3v) is 1.92. The van der Waals surface area contributed by atoms with E-state index in [9.17, 15) is 4.79 Å². The van der Waals surface area contributed by atoms with Crippen LogP contribution in [0.3, 0.4) is 0 Å². The van der Waals surface area contributed by atoms with Crippen molar-refractivity contribution in [1.82, 2.24) is 0 Å². The minimum Gasteiger partial charge on any atom is -0.467 e. The minimum absolute atomic E-state index is 0.00317. The van der Waals surface area contributed by atoms with Crippen LogP contribution in [0, 0.1) is 5.92 Å². The molecule has 0 saturated carbocycles. The Morgan fingerprint density at radius 2 is 1.93 bits per heavy atom. The van der Waals surface area contributed by atoms with E-state index in [1.54, 1.807) is 0 Å². The maximum atomic E-state index is 10.6. The first-order valence-corrected chi connectivity index (χ1v) is 4.93. The Bertz CT molecular complexity index is 147. The van der Waals surface area contributed by atoms with Crippen LogP contribution in [0.4, 0.5) is 0 Å². The van der Waals surface area contributed by atoms with Gasteiger partial charge < -0.3 is 14.2 Å². The predicted molar refractivity (Wildman–Crippen MR) is 53.1 cm³/mol. The van der Waals surface area contributed by atoms with Crippen LogP contribution in [-0.2, 0) is 19.0 Å². The molecule has 0 N–H and O–H groups in total. The molecular formula is C10H20O4. The van der Waals surface area contributed by atoms with Gasteiger partial charge in [-0.05, 0) is 5.92 Å². The summed E-state index contributed by atoms with van der Waals surface area (Å²) in [7, 11) is 1.34. The molecule has 4 nitrogen and oxygen atoms in total. The zero-order valence-electron chi connectivity index (χ0n) is 9.25. The molecule has 1 unspecified atom stereocenters. The SMILES string of the molecule is CCC(C)COCCOCC(=O)OC. The lowest BCUT2D eigenvalue weighted by molar-refractivity contribution is -0.146. The van der Waals surface area contributed by atoms with Crippen molar-refractivity contribution in [2.75, 3.05) is 33.5 Å². The second kappa shape index (κ2) is 8.97. The van der Waals surface area contributed by atoms with Crippen LogP contribution in [0.25, 0.3) is 0 Å². The van der Waals surface area contributed by atoms with E-state index in [0.717, 1.165) is 13.0 Å². The Morgan fingerprint density at radius 3 is 2.50 bits per heavy atom. The van der Waals surface area contributed by atoms with E-state index < -0.39 is 0 Å². The predicted octanol–water partition coefficient (Wildman–Crippen LogP) is 1.24. The normalized spacial score (nSPS) is 12.5. The van der Waals surface area contributed by atoms with E-state index in [4.69, 9.17) is 9.47 Å². The summed E-state index contributed by atoms with van der Waals surface area (Å²) in [6.45, 7) is 5.98. The molecule has 0 aromatic rings. The molecule has 0 fully saturated rings. The summed E-state index contributed by atoms with van der Waals surface area (Å²) in [5.41, 5.74) is 0. The maximum absolute atomic E-state index is 10.6. The number of carbonyl (C=O) groups excluding carboxylic acids is 1. The number of carbonyl (C=O) groups is 1. The molecular weight excluding hydrogens is 184 g/mol. The maximum Gasteiger partial charge on any atom is 0.331 e. The van der Waals surface area contributed by atoms with Gasteiger partial charge in [0.15, 0.2) is 0 Å². The lowest BCUT2D eigenvalue weighted by Gasteiger charge is -2.09. The largest absolute Gasteiger partial charge is 0.467 e. The molecule has 0 rings (SSSR count). The monoisotopic (exact) mass is 204 g/mol. The van der Waals surface area contributed by atoms with Gasteiger partial charge in [-0.1, -0.05) is 20.3 Å². The average Bonchev–Trinajstić information content (AvgIpc) is 2.22. The van der Waals surface area contributed by atoms with Crippen molar-refractivity contribution in [2.24, 2.45) is 5.92 Å². The lowest BCUT2D eigenvalue weighted by atomic mass is 10.1. The Kier molecular flexibility index (Phi) is 8.57. The molecule has 0 spiro atoms. The number of hydrogen-bond donors (Lipinski definition) is 0. The summed E-state index contributed by atoms with van der Waals surface area (Å²) in [6, 6.07) is 0. The highest BCUT2D eigenvalue weighted by Gasteiger charge is 2.00. The van der Waals surface area contributed by atoms with Gasteiger partial charge in [0.05, 0.1) is 20.3 Å². The first-order chi connectivity index (χ1) is 6.70. The van der Waals surface area contributed by atoms with Gasteiger partial charge in [0.1, 0.15) is 6.61 Å². The van der Waals surface area contributed by atoms with Crippen molar-refractivity contribution in [3.05, 3.63) is 0 Å². The molecule has 0 saturated heterocycles. The van der Waals surface area contributed by atoms with Crippen molar-refractivity contribution in [3.8, 4) is 0 Å². The molecule has 84 valence electrons. The van der Waals surface area contributed by atoms with Crippen LogP contribution < -0.4 is 0 Å². The molecule has 14 heavy (non-hydrogen) atoms. The minimum atomic E-state index is -0.355. The molecule has 1 atom stereocenters. The van der Waals surface area contributed by atoms with E-state index >= 15 is 0 Å². The molecule has 0 aliphatic rings. The third kappa shape index (κ3) is 8.01. The van der Waals surface area contributed by atoms with E-state index in [1.165, 1.54) is 7.11 Å². The zero-order valence-corrected chi connectivity index (χ0v) is 9.25. The Balaban J connectivity index is 3.10. The molecule has 0 aromatic carbocycles. The summed E-state index contributed by atoms with van der Waals surface area (Å²) in [5, 5.41) is 0. The van der Waals surface area contributed by atoms with E-state index in [-0.39, 0.29) is 12.6 Å². The van der Waals surface area contributed by atoms with Crippen molar-refractivity contribution >= 4 is 5.97 Å². The van der Waals surface area contributed by atoms with Gasteiger partial charge in [-0.15, -0.1) is 0 Å². The lowest BCUT2D eigenvalue weighted by Crippen LogP contribution is -2.14. The topological polar surface area (TPSA) is 44.8 Å². The van der Waals surface area contributed by atoms with Gasteiger partial charge >= 0.3 is 5.97 Å². The van der Waals surface area contributed by atoms with Gasteiger partial charge in [-0.25, -0.2) is 4.79 Å². The van der Waals surface area contributed by atoms with Gasteiger partial charge in [0, 0.05) is 6.61 Å². The second-order valence-corrected chi connectivity index (χ2v) is 3.22. The fraction of sp³-hybridized carbons (Fsp3) is 0.900. The molecule has 0 aliphatic heterocycles. The Hall–Kier alpha value is -0.610. The number of hydrogen-bond acceptors (Lipinski definition) is 4. The van der Waals surface area contributed by atoms with Crippen LogP contribution in [0.15, 0.2) is 0 Å². The molecule has 0 radical (unpaired) electrons. The number of methoxy groups -OCH3 is 1. The summed E-state index contributed by atoms with van der Waals surface area (Å²) in [4.78, 5) is 10.6. The van der Waals surface area contributed by atoms with Crippen molar-refractivity contribution in [1.29, 1.82) is 0 Å². The standard InChI is InChI=1S/C10H20O4/c1-4-9(2)7-13-5-6-14-8-10(11)12-3/h9H,4-8H2,1-3H3. The summed E-state index contributed by atoms with van der Waals surface area (Å²) >= 11 is 0. The molecule has 0 heterocycles. The van der Waals surface area contributed by atoms with E-state index in [1.807, 2.05) is 0 Å². The number of esters is 1. The second-order valence-electron chi connectivity index (χ2n) is 3.22.